The van der Waals surface area contributed by atoms with Crippen LogP contribution in [0.5, 0.6) is 5.75 Å². The molecule has 1 N–H and O–H groups in total. The van der Waals surface area contributed by atoms with E-state index in [1.54, 1.807) is 6.92 Å². The molecule has 0 bridgehead atoms. The molecule has 2 rings (SSSR count). The van der Waals surface area contributed by atoms with Crippen molar-refractivity contribution in [2.45, 2.75) is 32.0 Å². The fraction of sp³-hybridized carbons (Fsp3) is 0.500. The molecule has 0 spiro atoms. The highest BCUT2D eigenvalue weighted by Gasteiger charge is 2.46. The van der Waals surface area contributed by atoms with E-state index in [0.717, 1.165) is 6.07 Å². The molecule has 1 fully saturated rings. The standard InChI is InChI=1S/C14H16F2O4/c1-6-7(2)20-13(14(18)19-3)10(6)8-4-5-9(15)11(16)12(8)17/h4-7,10,13,17H,1-3H3/t6-,7?,10+,13-/m1/s1. The number of phenols is 1. The maximum atomic E-state index is 13.5. The molecule has 1 saturated heterocycles. The first-order chi connectivity index (χ1) is 9.38. The van der Waals surface area contributed by atoms with Crippen molar-refractivity contribution in [2.24, 2.45) is 5.92 Å². The molecule has 0 amide bonds. The highest BCUT2D eigenvalue weighted by molar-refractivity contribution is 5.76. The highest BCUT2D eigenvalue weighted by atomic mass is 19.2. The van der Waals surface area contributed by atoms with Gasteiger partial charge in [0.2, 0.25) is 5.82 Å². The lowest BCUT2D eigenvalue weighted by Crippen LogP contribution is -2.28. The number of halogens is 2. The molecule has 1 aliphatic heterocycles. The average Bonchev–Trinajstić information content (AvgIpc) is 2.72. The fourth-order valence-corrected chi connectivity index (χ4v) is 2.60. The van der Waals surface area contributed by atoms with E-state index < -0.39 is 35.4 Å². The summed E-state index contributed by atoms with van der Waals surface area (Å²) in [6, 6.07) is 2.20. The van der Waals surface area contributed by atoms with Crippen molar-refractivity contribution >= 4 is 5.97 Å². The minimum atomic E-state index is -1.32. The molecule has 0 aromatic heterocycles. The lowest BCUT2D eigenvalue weighted by Gasteiger charge is -2.21. The Labute approximate surface area is 115 Å². The van der Waals surface area contributed by atoms with Gasteiger partial charge < -0.3 is 14.6 Å². The summed E-state index contributed by atoms with van der Waals surface area (Å²) in [5.41, 5.74) is 0.149. The van der Waals surface area contributed by atoms with Gasteiger partial charge in [0, 0.05) is 11.5 Å². The number of rotatable bonds is 2. The van der Waals surface area contributed by atoms with Gasteiger partial charge in [-0.15, -0.1) is 0 Å². The largest absolute Gasteiger partial charge is 0.505 e. The molecule has 110 valence electrons. The second-order valence-corrected chi connectivity index (χ2v) is 4.97. The Bertz CT molecular complexity index is 532. The first-order valence-electron chi connectivity index (χ1n) is 6.28. The molecular formula is C14H16F2O4. The van der Waals surface area contributed by atoms with E-state index in [4.69, 9.17) is 4.74 Å². The predicted molar refractivity (Wildman–Crippen MR) is 66.3 cm³/mol. The van der Waals surface area contributed by atoms with Gasteiger partial charge in [-0.2, -0.15) is 4.39 Å². The molecule has 20 heavy (non-hydrogen) atoms. The van der Waals surface area contributed by atoms with Gasteiger partial charge in [0.25, 0.3) is 0 Å². The molecule has 1 aromatic carbocycles. The summed E-state index contributed by atoms with van der Waals surface area (Å²) >= 11 is 0. The van der Waals surface area contributed by atoms with Crippen LogP contribution in [0.1, 0.15) is 25.3 Å². The van der Waals surface area contributed by atoms with Crippen molar-refractivity contribution in [2.75, 3.05) is 7.11 Å². The van der Waals surface area contributed by atoms with E-state index in [1.807, 2.05) is 6.92 Å². The molecular weight excluding hydrogens is 270 g/mol. The zero-order chi connectivity index (χ0) is 15.0. The summed E-state index contributed by atoms with van der Waals surface area (Å²) in [5, 5.41) is 9.79. The summed E-state index contributed by atoms with van der Waals surface area (Å²) in [6.45, 7) is 3.59. The number of phenolic OH excluding ortho intramolecular Hbond substituents is 1. The third-order valence-corrected chi connectivity index (χ3v) is 3.89. The Morgan fingerprint density at radius 2 is 2.00 bits per heavy atom. The highest BCUT2D eigenvalue weighted by Crippen LogP contribution is 2.44. The molecule has 4 atom stereocenters. The third kappa shape index (κ3) is 2.24. The average molecular weight is 286 g/mol. The number of hydrogen-bond acceptors (Lipinski definition) is 4. The van der Waals surface area contributed by atoms with Crippen molar-refractivity contribution in [3.05, 3.63) is 29.3 Å². The molecule has 0 aliphatic carbocycles. The van der Waals surface area contributed by atoms with Crippen molar-refractivity contribution < 1.29 is 28.2 Å². The Kier molecular flexibility index (Phi) is 3.94. The summed E-state index contributed by atoms with van der Waals surface area (Å²) in [6.07, 6.45) is -1.21. The van der Waals surface area contributed by atoms with Crippen LogP contribution in [0.15, 0.2) is 12.1 Å². The lowest BCUT2D eigenvalue weighted by molar-refractivity contribution is -0.153. The molecule has 4 nitrogen and oxygen atoms in total. The van der Waals surface area contributed by atoms with Crippen LogP contribution in [0.3, 0.4) is 0 Å². The van der Waals surface area contributed by atoms with E-state index in [9.17, 15) is 18.7 Å². The number of methoxy groups -OCH3 is 1. The van der Waals surface area contributed by atoms with Crippen molar-refractivity contribution in [3.8, 4) is 5.75 Å². The number of ether oxygens (including phenoxy) is 2. The van der Waals surface area contributed by atoms with E-state index in [1.165, 1.54) is 13.2 Å². The number of carbonyl (C=O) groups is 1. The van der Waals surface area contributed by atoms with Gasteiger partial charge in [0.15, 0.2) is 17.7 Å². The maximum Gasteiger partial charge on any atom is 0.335 e. The molecule has 1 aliphatic rings. The second kappa shape index (κ2) is 5.36. The van der Waals surface area contributed by atoms with Crippen molar-refractivity contribution in [3.63, 3.8) is 0 Å². The summed E-state index contributed by atoms with van der Waals surface area (Å²) in [4.78, 5) is 11.8. The van der Waals surface area contributed by atoms with E-state index in [2.05, 4.69) is 4.74 Å². The minimum Gasteiger partial charge on any atom is -0.505 e. The second-order valence-electron chi connectivity index (χ2n) is 4.97. The number of aromatic hydroxyl groups is 1. The number of esters is 1. The monoisotopic (exact) mass is 286 g/mol. The SMILES string of the molecule is COC(=O)[C@@H]1OC(C)[C@@H](C)[C@H]1c1ccc(F)c(F)c1O. The van der Waals surface area contributed by atoms with Crippen LogP contribution >= 0.6 is 0 Å². The van der Waals surface area contributed by atoms with Crippen LogP contribution in [-0.2, 0) is 14.3 Å². The predicted octanol–water partition coefficient (Wildman–Crippen LogP) is 2.35. The topological polar surface area (TPSA) is 55.8 Å². The van der Waals surface area contributed by atoms with Crippen LogP contribution in [0, 0.1) is 17.6 Å². The molecule has 0 radical (unpaired) electrons. The first kappa shape index (κ1) is 14.7. The molecule has 6 heteroatoms. The quantitative estimate of drug-likeness (QED) is 0.848. The summed E-state index contributed by atoms with van der Waals surface area (Å²) < 4.78 is 36.8. The smallest absolute Gasteiger partial charge is 0.335 e. The Hall–Kier alpha value is -1.69. The van der Waals surface area contributed by atoms with E-state index in [0.29, 0.717) is 0 Å². The Balaban J connectivity index is 2.48. The van der Waals surface area contributed by atoms with Gasteiger partial charge in [0.1, 0.15) is 0 Å². The molecule has 0 saturated carbocycles. The van der Waals surface area contributed by atoms with E-state index >= 15 is 0 Å². The van der Waals surface area contributed by atoms with Crippen LogP contribution in [-0.4, -0.2) is 30.4 Å². The maximum absolute atomic E-state index is 13.5. The lowest BCUT2D eigenvalue weighted by atomic mass is 9.82. The van der Waals surface area contributed by atoms with Gasteiger partial charge in [-0.3, -0.25) is 0 Å². The minimum absolute atomic E-state index is 0.149. The number of hydrogen-bond donors (Lipinski definition) is 1. The Morgan fingerprint density at radius 3 is 2.60 bits per heavy atom. The van der Waals surface area contributed by atoms with Crippen LogP contribution in [0.2, 0.25) is 0 Å². The third-order valence-electron chi connectivity index (χ3n) is 3.89. The van der Waals surface area contributed by atoms with Gasteiger partial charge >= 0.3 is 5.97 Å². The van der Waals surface area contributed by atoms with Gasteiger partial charge in [-0.25, -0.2) is 9.18 Å². The molecule has 1 heterocycles. The zero-order valence-corrected chi connectivity index (χ0v) is 11.4. The zero-order valence-electron chi connectivity index (χ0n) is 11.4. The summed E-state index contributed by atoms with van der Waals surface area (Å²) in [7, 11) is 1.22. The summed E-state index contributed by atoms with van der Waals surface area (Å²) in [5.74, 6) is -4.59. The molecule has 1 aromatic rings. The normalized spacial score (nSPS) is 29.4. The first-order valence-corrected chi connectivity index (χ1v) is 6.28. The van der Waals surface area contributed by atoms with Gasteiger partial charge in [-0.05, 0) is 18.9 Å². The van der Waals surface area contributed by atoms with Gasteiger partial charge in [0.05, 0.1) is 13.2 Å². The number of benzene rings is 1. The van der Waals surface area contributed by atoms with Crippen LogP contribution in [0.25, 0.3) is 0 Å². The van der Waals surface area contributed by atoms with Crippen LogP contribution in [0.4, 0.5) is 8.78 Å². The van der Waals surface area contributed by atoms with E-state index in [-0.39, 0.29) is 17.6 Å². The number of carbonyl (C=O) groups excluding carboxylic acids is 1. The fourth-order valence-electron chi connectivity index (χ4n) is 2.60. The Morgan fingerprint density at radius 1 is 1.35 bits per heavy atom. The van der Waals surface area contributed by atoms with Crippen molar-refractivity contribution in [1.82, 2.24) is 0 Å². The van der Waals surface area contributed by atoms with Gasteiger partial charge in [-0.1, -0.05) is 13.0 Å². The molecule has 1 unspecified atom stereocenters. The van der Waals surface area contributed by atoms with Crippen molar-refractivity contribution in [1.29, 1.82) is 0 Å². The van der Waals surface area contributed by atoms with Crippen LogP contribution < -0.4 is 0 Å².